The van der Waals surface area contributed by atoms with Gasteiger partial charge >= 0.3 is 0 Å². The van der Waals surface area contributed by atoms with Crippen LogP contribution in [-0.4, -0.2) is 0 Å². The topological polar surface area (TPSA) is 19.4 Å². The molecule has 5 nitrogen and oxygen atoms in total. The fraction of sp³-hybridized carbons (Fsp3) is 0.337. The van der Waals surface area contributed by atoms with Crippen molar-refractivity contribution in [2.24, 2.45) is 52.5 Å². The van der Waals surface area contributed by atoms with Crippen LogP contribution in [0.3, 0.4) is 0 Å². The number of benzene rings is 5. The van der Waals surface area contributed by atoms with E-state index >= 15 is 0 Å². The molecule has 0 radical (unpaired) electrons. The van der Waals surface area contributed by atoms with Crippen LogP contribution in [0.1, 0.15) is 142 Å². The van der Waals surface area contributed by atoms with Crippen molar-refractivity contribution in [3.8, 4) is 56.3 Å². The van der Waals surface area contributed by atoms with Gasteiger partial charge in [0.1, 0.15) is 35.2 Å². The lowest BCUT2D eigenvalue weighted by atomic mass is 9.88. The summed E-state index contributed by atoms with van der Waals surface area (Å²) in [6, 6.07) is 62.2. The van der Waals surface area contributed by atoms with E-state index in [2.05, 4.69) is 195 Å². The predicted octanol–water partition coefficient (Wildman–Crippen LogP) is 18.1. The molecular formula is C83H106N5+5. The Hall–Kier alpha value is -8.15. The van der Waals surface area contributed by atoms with Crippen molar-refractivity contribution in [3.63, 3.8) is 0 Å². The van der Waals surface area contributed by atoms with Gasteiger partial charge in [-0.25, -0.2) is 22.8 Å². The molecule has 0 spiro atoms. The molecular weight excluding hydrogens is 1070 g/mol. The second-order valence-electron chi connectivity index (χ2n) is 25.4. The van der Waals surface area contributed by atoms with Crippen LogP contribution in [0.2, 0.25) is 0 Å². The Morgan fingerprint density at radius 3 is 1.10 bits per heavy atom. The molecule has 5 heterocycles. The standard InChI is InChI=1S/C18H24N.2C17H22N.C16H20N.C15H18N/c1-14-8-6-7-9-16(14)17-12-15(10-11-19(17)5)13-18(2,3)4;1-13(2)11-15-9-10-18(4)17(12-15)16-8-6-5-7-14(16)3;1-13(2)11-15-9-10-17(18(4)12-15)16-8-6-5-7-14(16)3;1-12(2)14-9-10-16(17(4)11-14)15-8-6-5-7-13(15)3;1-4-13-9-10-15(16(3)11-13)14-8-6-5-7-12(14)2/h6-12H,13H2,1-5H3;2*5-10,12-13H,11H2,1-4H3;5-12H,1-4H3;5-11H,4H2,1-3H3/q5*+1/i;;11D2;1D3,12D;4D2. The highest BCUT2D eigenvalue weighted by Crippen LogP contribution is 2.27. The molecule has 10 rings (SSSR count). The smallest absolute Gasteiger partial charge is 0.201 e. The van der Waals surface area contributed by atoms with Gasteiger partial charge in [-0.3, -0.25) is 0 Å². The fourth-order valence-corrected chi connectivity index (χ4v) is 10.8. The molecule has 458 valence electrons. The summed E-state index contributed by atoms with van der Waals surface area (Å²) in [5, 5.41) is 0. The maximum Gasteiger partial charge on any atom is 0.212 e. The Bertz CT molecular complexity index is 4230. The minimum absolute atomic E-state index is 0.0492. The third-order valence-electron chi connectivity index (χ3n) is 15.5. The van der Waals surface area contributed by atoms with Crippen LogP contribution in [-0.2, 0) is 60.8 Å². The lowest BCUT2D eigenvalue weighted by Crippen LogP contribution is -2.31. The quantitative estimate of drug-likeness (QED) is 0.109. The van der Waals surface area contributed by atoms with Crippen molar-refractivity contribution in [1.29, 1.82) is 0 Å². The second-order valence-corrected chi connectivity index (χ2v) is 25.4. The van der Waals surface area contributed by atoms with Crippen molar-refractivity contribution >= 4 is 0 Å². The summed E-state index contributed by atoms with van der Waals surface area (Å²) in [7, 11) is 10.0. The molecule has 1 atom stereocenters. The Labute approximate surface area is 544 Å². The van der Waals surface area contributed by atoms with E-state index in [1.54, 1.807) is 19.2 Å². The minimum Gasteiger partial charge on any atom is -0.201 e. The minimum atomic E-state index is -2.36. The molecule has 0 aliphatic rings. The van der Waals surface area contributed by atoms with Gasteiger partial charge in [0.25, 0.3) is 0 Å². The Morgan fingerprint density at radius 1 is 0.398 bits per heavy atom. The number of hydrogen-bond acceptors (Lipinski definition) is 0. The zero-order valence-corrected chi connectivity index (χ0v) is 56.5. The molecule has 10 aromatic rings. The molecule has 5 aromatic carbocycles. The van der Waals surface area contributed by atoms with Gasteiger partial charge in [-0.15, -0.1) is 0 Å². The fourth-order valence-electron chi connectivity index (χ4n) is 10.8. The SMILES string of the molecule is Cc1ccccc1-c1cc(CC(C)(C)C)cc[n+]1C.Cc1ccccc1-c1cc(CC(C)C)cc[n+]1C.[2H]C([2H])(C)c1ccc(-c2ccccc2C)[n+](C)c1.[2H]C([2H])([2H])C([2H])(C)c1ccc(-c2ccccc2C)[n+](C)c1.[2H]C([2H])(c1ccc(-c2ccccc2C)[n+](C)c1)C(C)C. The van der Waals surface area contributed by atoms with Gasteiger partial charge in [0, 0.05) is 97.9 Å². The van der Waals surface area contributed by atoms with E-state index in [0.717, 1.165) is 46.6 Å². The van der Waals surface area contributed by atoms with Crippen LogP contribution >= 0.6 is 0 Å². The van der Waals surface area contributed by atoms with Crippen molar-refractivity contribution in [3.05, 3.63) is 269 Å². The van der Waals surface area contributed by atoms with Crippen molar-refractivity contribution in [1.82, 2.24) is 0 Å². The average molecular weight is 1180 g/mol. The van der Waals surface area contributed by atoms with Gasteiger partial charge in [0.05, 0.1) is 0 Å². The second kappa shape index (κ2) is 32.7. The molecule has 0 aliphatic heterocycles. The maximum atomic E-state index is 8.19. The largest absolute Gasteiger partial charge is 0.212 e. The van der Waals surface area contributed by atoms with Gasteiger partial charge in [-0.2, -0.15) is 0 Å². The third kappa shape index (κ3) is 20.2. The van der Waals surface area contributed by atoms with Gasteiger partial charge in [-0.1, -0.05) is 160 Å². The zero-order chi connectivity index (χ0) is 71.3. The highest BCUT2D eigenvalue weighted by Gasteiger charge is 2.19. The van der Waals surface area contributed by atoms with E-state index in [-0.39, 0.29) is 5.92 Å². The Balaban J connectivity index is 0.000000190. The van der Waals surface area contributed by atoms with Crippen LogP contribution in [0.4, 0.5) is 0 Å². The van der Waals surface area contributed by atoms with Crippen molar-refractivity contribution in [2.45, 2.75) is 135 Å². The monoisotopic (exact) mass is 1180 g/mol. The van der Waals surface area contributed by atoms with Crippen LogP contribution in [0.5, 0.6) is 0 Å². The first-order valence-corrected chi connectivity index (χ1v) is 31.1. The van der Waals surface area contributed by atoms with E-state index < -0.39 is 25.5 Å². The molecule has 0 saturated heterocycles. The first-order valence-electron chi connectivity index (χ1n) is 35.1. The summed E-state index contributed by atoms with van der Waals surface area (Å²) in [6.45, 7) is 26.4. The molecule has 0 amide bonds. The summed E-state index contributed by atoms with van der Waals surface area (Å²) in [4.78, 5) is 0. The first kappa shape index (κ1) is 57.6. The molecule has 0 bridgehead atoms. The van der Waals surface area contributed by atoms with E-state index in [4.69, 9.17) is 11.0 Å². The molecule has 1 unspecified atom stereocenters. The summed E-state index contributed by atoms with van der Waals surface area (Å²) in [5.74, 6) is -0.969. The molecule has 0 N–H and O–H groups in total. The highest BCUT2D eigenvalue weighted by atomic mass is 14.9. The van der Waals surface area contributed by atoms with Crippen molar-refractivity contribution in [2.75, 3.05) is 0 Å². The lowest BCUT2D eigenvalue weighted by molar-refractivity contribution is -0.661. The Kier molecular flexibility index (Phi) is 21.4. The van der Waals surface area contributed by atoms with Crippen molar-refractivity contribution < 1.29 is 33.8 Å². The third-order valence-corrected chi connectivity index (χ3v) is 15.5. The number of aromatic nitrogens is 5. The van der Waals surface area contributed by atoms with Crippen LogP contribution in [0.25, 0.3) is 56.3 Å². The van der Waals surface area contributed by atoms with Gasteiger partial charge < -0.3 is 0 Å². The van der Waals surface area contributed by atoms with E-state index in [0.29, 0.717) is 22.5 Å². The lowest BCUT2D eigenvalue weighted by Gasteiger charge is -2.18. The molecule has 5 heteroatoms. The predicted molar refractivity (Wildman–Crippen MR) is 373 cm³/mol. The summed E-state index contributed by atoms with van der Waals surface area (Å²) >= 11 is 0. The highest BCUT2D eigenvalue weighted by molar-refractivity contribution is 5.64. The van der Waals surface area contributed by atoms with Crippen LogP contribution < -0.4 is 22.8 Å². The number of nitrogens with zero attached hydrogens (tertiary/aromatic N) is 5. The normalized spacial score (nSPS) is 13.5. The summed E-state index contributed by atoms with van der Waals surface area (Å²) < 4.78 is 72.9. The number of rotatable bonds is 12. The Morgan fingerprint density at radius 2 is 0.750 bits per heavy atom. The maximum absolute atomic E-state index is 8.19. The number of pyridine rings is 5. The van der Waals surface area contributed by atoms with Crippen LogP contribution in [0.15, 0.2) is 213 Å². The summed E-state index contributed by atoms with van der Waals surface area (Å²) in [5.41, 5.74) is 23.2. The van der Waals surface area contributed by atoms with E-state index in [1.165, 1.54) is 73.9 Å². The molecule has 88 heavy (non-hydrogen) atoms. The average Bonchev–Trinajstić information content (AvgIpc) is 0.787. The molecule has 0 fully saturated rings. The van der Waals surface area contributed by atoms with E-state index in [9.17, 15) is 0 Å². The number of aryl methyl sites for hydroxylation is 11. The molecule has 0 aliphatic carbocycles. The molecule has 5 aromatic heterocycles. The van der Waals surface area contributed by atoms with Crippen LogP contribution in [0, 0.1) is 51.9 Å². The number of hydrogen-bond donors (Lipinski definition) is 0. The van der Waals surface area contributed by atoms with Gasteiger partial charge in [0.2, 0.25) is 28.5 Å². The van der Waals surface area contributed by atoms with E-state index in [1.807, 2.05) is 147 Å². The van der Waals surface area contributed by atoms with Gasteiger partial charge in [-0.05, 0) is 171 Å². The first-order chi connectivity index (χ1) is 44.8. The zero-order valence-electron chi connectivity index (χ0n) is 64.5. The van der Waals surface area contributed by atoms with Gasteiger partial charge in [0.15, 0.2) is 31.0 Å². The molecule has 0 saturated carbocycles. The summed E-state index contributed by atoms with van der Waals surface area (Å²) in [6.07, 6.45) is 9.48.